The summed E-state index contributed by atoms with van der Waals surface area (Å²) in [7, 11) is 0.780. The lowest BCUT2D eigenvalue weighted by molar-refractivity contribution is 0.590. The van der Waals surface area contributed by atoms with E-state index in [9.17, 15) is 0 Å². The van der Waals surface area contributed by atoms with Gasteiger partial charge in [0.2, 0.25) is 0 Å². The smallest absolute Gasteiger partial charge is 0.198 e. The molecule has 1 aliphatic heterocycles. The molecule has 5 heteroatoms. The summed E-state index contributed by atoms with van der Waals surface area (Å²) in [6.45, 7) is 11.5. The molecule has 0 bridgehead atoms. The van der Waals surface area contributed by atoms with E-state index in [2.05, 4.69) is 190 Å². The maximum atomic E-state index is 6.55. The molecule has 0 radical (unpaired) electrons. The number of anilines is 2. The van der Waals surface area contributed by atoms with E-state index in [0.29, 0.717) is 0 Å². The summed E-state index contributed by atoms with van der Waals surface area (Å²) in [5.74, 6) is 0. The van der Waals surface area contributed by atoms with E-state index in [1.54, 1.807) is 0 Å². The van der Waals surface area contributed by atoms with Gasteiger partial charge in [0.25, 0.3) is 0 Å². The van der Waals surface area contributed by atoms with Crippen LogP contribution in [-0.4, -0.2) is 11.8 Å². The Morgan fingerprint density at radius 3 is 2.10 bits per heavy atom. The van der Waals surface area contributed by atoms with Crippen molar-refractivity contribution in [3.63, 3.8) is 0 Å². The number of hydrogen-bond donors (Lipinski definition) is 1. The van der Waals surface area contributed by atoms with Crippen LogP contribution < -0.4 is 16.2 Å². The van der Waals surface area contributed by atoms with Crippen molar-refractivity contribution in [2.75, 3.05) is 5.32 Å². The second-order valence-corrected chi connectivity index (χ2v) is 18.6. The van der Waals surface area contributed by atoms with Crippen molar-refractivity contribution in [3.8, 4) is 27.9 Å². The number of benzene rings is 8. The summed E-state index contributed by atoms with van der Waals surface area (Å²) in [4.78, 5) is 0. The van der Waals surface area contributed by atoms with Gasteiger partial charge in [0, 0.05) is 71.9 Å². The van der Waals surface area contributed by atoms with Crippen LogP contribution in [0.25, 0.3) is 93.6 Å². The van der Waals surface area contributed by atoms with Crippen LogP contribution in [0.4, 0.5) is 11.4 Å². The van der Waals surface area contributed by atoms with Crippen molar-refractivity contribution >= 4 is 95.3 Å². The number of rotatable bonds is 3. The Labute approximate surface area is 348 Å². The molecule has 4 heterocycles. The highest BCUT2D eigenvalue weighted by atomic mass is 16.3. The number of nitrogens with zero attached hydrogens (tertiary/aromatic N) is 1. The van der Waals surface area contributed by atoms with Crippen LogP contribution in [0.2, 0.25) is 0 Å². The molecule has 3 aromatic heterocycles. The van der Waals surface area contributed by atoms with Crippen molar-refractivity contribution < 1.29 is 8.83 Å². The van der Waals surface area contributed by atoms with Gasteiger partial charge in [-0.25, -0.2) is 0 Å². The maximum absolute atomic E-state index is 6.55. The van der Waals surface area contributed by atoms with Gasteiger partial charge in [-0.3, -0.25) is 0 Å². The van der Waals surface area contributed by atoms with Gasteiger partial charge >= 0.3 is 0 Å². The highest BCUT2D eigenvalue weighted by Crippen LogP contribution is 2.52. The Bertz CT molecular complexity index is 3670. The van der Waals surface area contributed by atoms with Gasteiger partial charge in [0.15, 0.2) is 7.28 Å². The van der Waals surface area contributed by atoms with E-state index >= 15 is 0 Å². The lowest BCUT2D eigenvalue weighted by atomic mass is 9.59. The molecule has 60 heavy (non-hydrogen) atoms. The lowest BCUT2D eigenvalue weighted by Crippen LogP contribution is -2.37. The Balaban J connectivity index is 1.13. The van der Waals surface area contributed by atoms with E-state index in [4.69, 9.17) is 8.83 Å². The molecule has 0 spiro atoms. The third-order valence-corrected chi connectivity index (χ3v) is 13.8. The van der Waals surface area contributed by atoms with Gasteiger partial charge in [-0.15, -0.1) is 0 Å². The fraction of sp³-hybridized carbons (Fsp3) is 0.127. The highest BCUT2D eigenvalue weighted by Gasteiger charge is 2.37. The van der Waals surface area contributed by atoms with Crippen LogP contribution in [0.3, 0.4) is 0 Å². The summed E-state index contributed by atoms with van der Waals surface area (Å²) < 4.78 is 15.6. The molecule has 1 aliphatic carbocycles. The second kappa shape index (κ2) is 11.6. The summed E-state index contributed by atoms with van der Waals surface area (Å²) in [6.07, 6.45) is 0. The molecule has 0 saturated heterocycles. The zero-order valence-electron chi connectivity index (χ0n) is 34.3. The highest BCUT2D eigenvalue weighted by molar-refractivity contribution is 6.74. The normalized spacial score (nSPS) is 14.0. The minimum Gasteiger partial charge on any atom is -0.456 e. The zero-order chi connectivity index (χ0) is 40.2. The maximum Gasteiger partial charge on any atom is 0.198 e. The van der Waals surface area contributed by atoms with Gasteiger partial charge in [-0.05, 0) is 92.8 Å². The van der Waals surface area contributed by atoms with Crippen LogP contribution in [0, 0.1) is 0 Å². The first kappa shape index (κ1) is 33.9. The van der Waals surface area contributed by atoms with Gasteiger partial charge in [-0.1, -0.05) is 131 Å². The predicted octanol–water partition coefficient (Wildman–Crippen LogP) is 13.3. The van der Waals surface area contributed by atoms with Crippen molar-refractivity contribution in [2.24, 2.45) is 0 Å². The van der Waals surface area contributed by atoms with E-state index < -0.39 is 0 Å². The number of furan rings is 2. The summed E-state index contributed by atoms with van der Waals surface area (Å²) in [6, 6.07) is 53.6. The second-order valence-electron chi connectivity index (χ2n) is 18.6. The summed E-state index contributed by atoms with van der Waals surface area (Å²) >= 11 is 0. The Hall–Kier alpha value is -6.98. The molecule has 4 nitrogen and oxygen atoms in total. The molecule has 2 aliphatic rings. The van der Waals surface area contributed by atoms with Crippen LogP contribution >= 0.6 is 0 Å². The molecule has 0 atom stereocenters. The fourth-order valence-electron chi connectivity index (χ4n) is 10.8. The molecule has 11 aromatic rings. The van der Waals surface area contributed by atoms with Crippen molar-refractivity contribution in [1.82, 2.24) is 4.57 Å². The predicted molar refractivity (Wildman–Crippen MR) is 253 cm³/mol. The van der Waals surface area contributed by atoms with Crippen LogP contribution in [0.1, 0.15) is 51.3 Å². The Morgan fingerprint density at radius 2 is 1.28 bits per heavy atom. The van der Waals surface area contributed by atoms with Gasteiger partial charge < -0.3 is 18.7 Å². The van der Waals surface area contributed by atoms with Gasteiger partial charge in [0.1, 0.15) is 22.3 Å². The Morgan fingerprint density at radius 1 is 0.550 bits per heavy atom. The third-order valence-electron chi connectivity index (χ3n) is 13.8. The van der Waals surface area contributed by atoms with Gasteiger partial charge in [-0.2, -0.15) is 0 Å². The van der Waals surface area contributed by atoms with Crippen molar-refractivity contribution in [3.05, 3.63) is 162 Å². The van der Waals surface area contributed by atoms with Crippen LogP contribution in [0.5, 0.6) is 0 Å². The standard InChI is InChI=1S/C55H41BN2O2/c1-54(2,3)30-18-20-31(21-19-30)57-43-28-41-37(32-12-6-9-15-40(32)55(41,4)5)26-38(43)34-22-23-36-50-44(24-25-48-51(50)35-14-8-11-17-47(35)59-48)58-45-29-49-39(27-42(45)56-52(34)53(36)58)33-13-7-10-16-46(33)60-49/h6-29,56-57H,1-5H3. The number of nitrogens with one attached hydrogen (secondary N) is 1. The van der Waals surface area contributed by atoms with E-state index in [1.165, 1.54) is 77.4 Å². The average Bonchev–Trinajstić information content (AvgIpc) is 3.97. The van der Waals surface area contributed by atoms with Gasteiger partial charge in [0.05, 0.1) is 5.52 Å². The molecule has 8 aromatic carbocycles. The summed E-state index contributed by atoms with van der Waals surface area (Å²) in [5.41, 5.74) is 21.0. The van der Waals surface area contributed by atoms with Crippen molar-refractivity contribution in [1.29, 1.82) is 0 Å². The van der Waals surface area contributed by atoms with Crippen LogP contribution in [-0.2, 0) is 10.8 Å². The largest absolute Gasteiger partial charge is 0.456 e. The number of para-hydroxylation sites is 2. The zero-order valence-corrected chi connectivity index (χ0v) is 34.3. The molecule has 286 valence electrons. The molecule has 0 amide bonds. The Kier molecular flexibility index (Phi) is 6.57. The first-order valence-electron chi connectivity index (χ1n) is 21.1. The number of hydrogen-bond acceptors (Lipinski definition) is 3. The summed E-state index contributed by atoms with van der Waals surface area (Å²) in [5, 5.41) is 11.0. The SMILES string of the molecule is CC(C)(C)c1ccc(Nc2cc3c(cc2-c2ccc4c5c6c(ccc5n5c4c2Bc2cc4c(cc2-5)oc2ccccc24)oc2ccccc26)-c2ccccc2C3(C)C)cc1. The van der Waals surface area contributed by atoms with E-state index in [0.717, 1.165) is 62.5 Å². The topological polar surface area (TPSA) is 43.2 Å². The van der Waals surface area contributed by atoms with E-state index in [-0.39, 0.29) is 10.8 Å². The van der Waals surface area contributed by atoms with Crippen LogP contribution in [0.15, 0.2) is 154 Å². The van der Waals surface area contributed by atoms with E-state index in [1.807, 2.05) is 0 Å². The van der Waals surface area contributed by atoms with Crippen molar-refractivity contribution in [2.45, 2.75) is 45.4 Å². The monoisotopic (exact) mass is 772 g/mol. The minimum absolute atomic E-state index is 0.0720. The molecular weight excluding hydrogens is 731 g/mol. The quantitative estimate of drug-likeness (QED) is 0.182. The molecule has 0 saturated carbocycles. The average molecular weight is 773 g/mol. The molecule has 13 rings (SSSR count). The first-order chi connectivity index (χ1) is 29.1. The molecular formula is C55H41BN2O2. The number of fused-ring (bicyclic) bond motifs is 15. The molecule has 0 fully saturated rings. The third kappa shape index (κ3) is 4.52. The minimum atomic E-state index is -0.141. The fourth-order valence-corrected chi connectivity index (χ4v) is 10.8. The molecule has 0 unspecified atom stereocenters. The first-order valence-corrected chi connectivity index (χ1v) is 21.1. The molecule has 1 N–H and O–H groups in total. The lowest BCUT2D eigenvalue weighted by Gasteiger charge is -2.26. The number of aromatic nitrogens is 1.